The Hall–Kier alpha value is -3.76. The third-order valence-corrected chi connectivity index (χ3v) is 19.6. The smallest absolute Gasteiger partial charge is 0.259 e. The Balaban J connectivity index is 1.23. The fourth-order valence-corrected chi connectivity index (χ4v) is 15.5. The van der Waals surface area contributed by atoms with E-state index in [2.05, 4.69) is 163 Å². The molecule has 2 fully saturated rings. The Morgan fingerprint density at radius 1 is 0.857 bits per heavy atom. The van der Waals surface area contributed by atoms with Crippen LogP contribution < -0.4 is 9.68 Å². The molecule has 2 nitrogen and oxygen atoms in total. The highest BCUT2D eigenvalue weighted by Gasteiger charge is 2.53. The van der Waals surface area contributed by atoms with E-state index in [9.17, 15) is 0 Å². The second-order valence-electron chi connectivity index (χ2n) is 23.6. The Labute approximate surface area is 385 Å². The summed E-state index contributed by atoms with van der Waals surface area (Å²) in [6, 6.07) is 13.5. The lowest BCUT2D eigenvalue weighted by Crippen LogP contribution is -2.56. The van der Waals surface area contributed by atoms with E-state index in [1.165, 1.54) is 115 Å². The number of rotatable bonds is 7. The van der Waals surface area contributed by atoms with Gasteiger partial charge in [-0.3, -0.25) is 0 Å². The zero-order valence-electron chi connectivity index (χ0n) is 40.2. The molecule has 0 amide bonds. The summed E-state index contributed by atoms with van der Waals surface area (Å²) in [7, 11) is 0. The maximum absolute atomic E-state index is 4.55. The van der Waals surface area contributed by atoms with Crippen LogP contribution in [0.25, 0.3) is 10.1 Å². The van der Waals surface area contributed by atoms with Gasteiger partial charge >= 0.3 is 0 Å². The lowest BCUT2D eigenvalue weighted by molar-refractivity contribution is 0.188. The Morgan fingerprint density at radius 3 is 2.24 bits per heavy atom. The van der Waals surface area contributed by atoms with E-state index in [0.717, 1.165) is 19.3 Å². The number of hydrogen-bond acceptors (Lipinski definition) is 3. The normalized spacial score (nSPS) is 29.6. The van der Waals surface area contributed by atoms with Crippen LogP contribution in [-0.4, -0.2) is 17.7 Å². The van der Waals surface area contributed by atoms with Crippen LogP contribution in [0.2, 0.25) is 0 Å². The predicted molar refractivity (Wildman–Crippen MR) is 273 cm³/mol. The summed E-state index contributed by atoms with van der Waals surface area (Å²) in [6.07, 6.45) is 34.6. The maximum Gasteiger partial charge on any atom is 0.259 e. The zero-order chi connectivity index (χ0) is 43.8. The van der Waals surface area contributed by atoms with Crippen molar-refractivity contribution in [2.75, 3.05) is 4.90 Å². The minimum Gasteiger partial charge on any atom is -0.334 e. The van der Waals surface area contributed by atoms with E-state index in [4.69, 9.17) is 0 Å². The van der Waals surface area contributed by atoms with Crippen LogP contribution in [-0.2, 0) is 21.7 Å². The first-order valence-electron chi connectivity index (χ1n) is 25.4. The first-order chi connectivity index (χ1) is 30.2. The highest BCUT2D eigenvalue weighted by molar-refractivity contribution is 7.32. The van der Waals surface area contributed by atoms with Gasteiger partial charge in [0.05, 0.1) is 11.7 Å². The number of allylic oxidation sites excluding steroid dienone is 9. The molecule has 0 saturated heterocycles. The van der Waals surface area contributed by atoms with Crippen LogP contribution in [0.3, 0.4) is 0 Å². The van der Waals surface area contributed by atoms with E-state index in [1.807, 2.05) is 0 Å². The van der Waals surface area contributed by atoms with Gasteiger partial charge in [-0.15, -0.1) is 11.3 Å². The summed E-state index contributed by atoms with van der Waals surface area (Å²) < 4.78 is 3.07. The van der Waals surface area contributed by atoms with Crippen molar-refractivity contribution in [1.82, 2.24) is 4.90 Å². The number of thiophene rings is 1. The molecule has 7 aliphatic carbocycles. The molecule has 0 N–H and O–H groups in total. The lowest BCUT2D eigenvalue weighted by Gasteiger charge is -2.53. The molecule has 2 aromatic carbocycles. The average molecular weight is 853 g/mol. The summed E-state index contributed by atoms with van der Waals surface area (Å²) in [6.45, 7) is 27.0. The van der Waals surface area contributed by atoms with Gasteiger partial charge in [0.2, 0.25) is 0 Å². The van der Waals surface area contributed by atoms with Crippen molar-refractivity contribution >= 4 is 44.3 Å². The number of hydrogen-bond donors (Lipinski definition) is 0. The topological polar surface area (TPSA) is 6.48 Å². The van der Waals surface area contributed by atoms with Crippen molar-refractivity contribution in [3.63, 3.8) is 0 Å². The molecule has 0 spiro atoms. The lowest BCUT2D eigenvalue weighted by atomic mass is 9.32. The minimum absolute atomic E-state index is 0.127. The molecule has 0 radical (unpaired) electrons. The standard InChI is InChI=1S/C59H73BN2S/c1-11-13-15-20-41(12-2)61-49-31-39(37(3)4)21-24-48(49)60-53-50(61)32-40(38-18-16-14-17-19-38)33-51(53)62(42-22-23-44-45(34-42)57(7,8)26-25-56(44,5)6)54-43-35-46-47(36-52(43)63-55(54)60)59(10)29-27-58(46,9)28-30-59/h12-13,15,20-24,32,34-39,51H,2,11,14,16-19,25-31,33H2,1,3-10H3/b15-13+,41-20+. The first kappa shape index (κ1) is 41.9. The predicted octanol–water partition coefficient (Wildman–Crippen LogP) is 15.7. The van der Waals surface area contributed by atoms with Crippen LogP contribution in [0.4, 0.5) is 11.4 Å². The van der Waals surface area contributed by atoms with E-state index >= 15 is 0 Å². The van der Waals surface area contributed by atoms with Gasteiger partial charge in [0, 0.05) is 37.6 Å². The van der Waals surface area contributed by atoms with Gasteiger partial charge in [-0.2, -0.15) is 0 Å². The summed E-state index contributed by atoms with van der Waals surface area (Å²) in [5, 5.41) is 1.51. The molecule has 2 atom stereocenters. The van der Waals surface area contributed by atoms with Gasteiger partial charge in [0.1, 0.15) is 0 Å². The third kappa shape index (κ3) is 6.36. The highest BCUT2D eigenvalue weighted by atomic mass is 32.1. The molecule has 2 unspecified atom stereocenters. The van der Waals surface area contributed by atoms with Gasteiger partial charge in [-0.1, -0.05) is 124 Å². The monoisotopic (exact) mass is 853 g/mol. The van der Waals surface area contributed by atoms with Crippen LogP contribution in [0, 0.1) is 17.8 Å². The summed E-state index contributed by atoms with van der Waals surface area (Å²) in [5.41, 5.74) is 19.2. The molecule has 2 bridgehead atoms. The van der Waals surface area contributed by atoms with Crippen LogP contribution >= 0.6 is 11.3 Å². The van der Waals surface area contributed by atoms with Crippen molar-refractivity contribution in [3.8, 4) is 0 Å². The highest BCUT2D eigenvalue weighted by Crippen LogP contribution is 2.60. The van der Waals surface area contributed by atoms with Crippen molar-refractivity contribution in [2.45, 2.75) is 180 Å². The minimum atomic E-state index is 0.127. The Morgan fingerprint density at radius 2 is 1.56 bits per heavy atom. The van der Waals surface area contributed by atoms with E-state index in [0.29, 0.717) is 17.8 Å². The molecule has 63 heavy (non-hydrogen) atoms. The average Bonchev–Trinajstić information content (AvgIpc) is 3.65. The molecule has 2 saturated carbocycles. The van der Waals surface area contributed by atoms with Gasteiger partial charge in [-0.25, -0.2) is 0 Å². The van der Waals surface area contributed by atoms with E-state index in [1.54, 1.807) is 38.1 Å². The molecular formula is C59H73BN2S. The molecule has 328 valence electrons. The number of nitrogens with zero attached hydrogens (tertiary/aromatic N) is 2. The molecule has 3 heterocycles. The van der Waals surface area contributed by atoms with E-state index in [-0.39, 0.29) is 34.4 Å². The van der Waals surface area contributed by atoms with Gasteiger partial charge in [0.25, 0.3) is 6.71 Å². The fraction of sp³-hybridized carbons (Fsp3) is 0.525. The van der Waals surface area contributed by atoms with Crippen molar-refractivity contribution in [3.05, 3.63) is 135 Å². The molecule has 2 aliphatic heterocycles. The van der Waals surface area contributed by atoms with Crippen LogP contribution in [0.5, 0.6) is 0 Å². The molecule has 4 heteroatoms. The van der Waals surface area contributed by atoms with Crippen LogP contribution in [0.15, 0.2) is 113 Å². The van der Waals surface area contributed by atoms with Gasteiger partial charge < -0.3 is 9.80 Å². The molecule has 1 aromatic heterocycles. The number of fused-ring (bicyclic) bond motifs is 8. The van der Waals surface area contributed by atoms with Crippen molar-refractivity contribution in [1.29, 1.82) is 0 Å². The second-order valence-corrected chi connectivity index (χ2v) is 24.7. The second kappa shape index (κ2) is 14.9. The fourth-order valence-electron chi connectivity index (χ4n) is 14.1. The largest absolute Gasteiger partial charge is 0.334 e. The summed E-state index contributed by atoms with van der Waals surface area (Å²) in [5.74, 6) is 1.71. The summed E-state index contributed by atoms with van der Waals surface area (Å²) >= 11 is 2.14. The summed E-state index contributed by atoms with van der Waals surface area (Å²) in [4.78, 5) is 5.68. The SMILES string of the molecule is C=C/C(=C\C=C\CC)N1C2=C3B(C4=C1CC(C(C)C)C=C4)c1sc4cc5c(cc4c1N(c1ccc4c(c1)C(C)(C)CCC4(C)C)C3CC(C1CCCCC1)=C2)C1(C)CCC5(C)CC1. The van der Waals surface area contributed by atoms with Crippen molar-refractivity contribution < 1.29 is 0 Å². The Kier molecular flexibility index (Phi) is 9.90. The first-order valence-corrected chi connectivity index (χ1v) is 26.2. The van der Waals surface area contributed by atoms with Crippen molar-refractivity contribution in [2.24, 2.45) is 17.8 Å². The third-order valence-electron chi connectivity index (χ3n) is 18.4. The molecule has 9 aliphatic rings. The Bertz CT molecular complexity index is 2600. The zero-order valence-corrected chi connectivity index (χ0v) is 41.0. The maximum atomic E-state index is 4.55. The van der Waals surface area contributed by atoms with Crippen LogP contribution in [0.1, 0.15) is 174 Å². The molecule has 3 aromatic rings. The molecular weight excluding hydrogens is 780 g/mol. The van der Waals surface area contributed by atoms with Gasteiger partial charge in [0.15, 0.2) is 0 Å². The quantitative estimate of drug-likeness (QED) is 0.173. The van der Waals surface area contributed by atoms with E-state index < -0.39 is 0 Å². The number of anilines is 2. The van der Waals surface area contributed by atoms with Gasteiger partial charge in [-0.05, 0) is 186 Å². The number of benzene rings is 2. The molecule has 12 rings (SSSR count).